The number of amides is 1. The summed E-state index contributed by atoms with van der Waals surface area (Å²) in [4.78, 5) is 23.7. The van der Waals surface area contributed by atoms with E-state index in [2.05, 4.69) is 5.32 Å². The fourth-order valence-corrected chi connectivity index (χ4v) is 3.04. The van der Waals surface area contributed by atoms with Crippen molar-refractivity contribution in [1.29, 1.82) is 0 Å². The lowest BCUT2D eigenvalue weighted by Crippen LogP contribution is -2.47. The van der Waals surface area contributed by atoms with Crippen molar-refractivity contribution in [2.24, 2.45) is 5.92 Å². The van der Waals surface area contributed by atoms with E-state index in [1.165, 1.54) is 0 Å². The summed E-state index contributed by atoms with van der Waals surface area (Å²) >= 11 is 6.02. The highest BCUT2D eigenvalue weighted by Gasteiger charge is 2.31. The minimum atomic E-state index is -0.850. The maximum absolute atomic E-state index is 12.3. The van der Waals surface area contributed by atoms with Gasteiger partial charge in [0.15, 0.2) is 6.10 Å². The first-order valence-electron chi connectivity index (χ1n) is 7.93. The summed E-state index contributed by atoms with van der Waals surface area (Å²) in [5, 5.41) is 12.6. The number of para-hydroxylation sites is 1. The number of aliphatic carboxylic acids is 1. The van der Waals surface area contributed by atoms with Crippen LogP contribution in [-0.2, 0) is 9.59 Å². The van der Waals surface area contributed by atoms with Gasteiger partial charge >= 0.3 is 5.97 Å². The monoisotopic (exact) mass is 339 g/mol. The Balaban J connectivity index is 1.98. The zero-order valence-electron chi connectivity index (χ0n) is 13.1. The molecule has 0 saturated heterocycles. The lowest BCUT2D eigenvalue weighted by atomic mass is 9.94. The maximum atomic E-state index is 12.3. The number of carbonyl (C=O) groups is 2. The van der Waals surface area contributed by atoms with Crippen LogP contribution in [0.5, 0.6) is 5.75 Å². The molecule has 1 fully saturated rings. The number of carboxylic acid groups (broad SMARTS) is 1. The minimum Gasteiger partial charge on any atom is -0.481 e. The summed E-state index contributed by atoms with van der Waals surface area (Å²) in [6, 6.07) is 6.59. The molecule has 23 heavy (non-hydrogen) atoms. The molecule has 0 aromatic heterocycles. The Labute approximate surface area is 141 Å². The maximum Gasteiger partial charge on any atom is 0.308 e. The predicted molar refractivity (Wildman–Crippen MR) is 87.7 cm³/mol. The van der Waals surface area contributed by atoms with Gasteiger partial charge in [-0.1, -0.05) is 43.0 Å². The number of ether oxygens (including phenoxy) is 1. The fourth-order valence-electron chi connectivity index (χ4n) is 2.86. The van der Waals surface area contributed by atoms with Crippen LogP contribution in [0.2, 0.25) is 5.02 Å². The third kappa shape index (κ3) is 4.86. The average Bonchev–Trinajstić information content (AvgIpc) is 2.75. The summed E-state index contributed by atoms with van der Waals surface area (Å²) in [5.74, 6) is -1.26. The highest BCUT2D eigenvalue weighted by molar-refractivity contribution is 6.32. The molecular formula is C17H22ClNO4. The number of benzene rings is 1. The van der Waals surface area contributed by atoms with E-state index in [9.17, 15) is 14.7 Å². The summed E-state index contributed by atoms with van der Waals surface area (Å²) in [6.45, 7) is 1.63. The van der Waals surface area contributed by atoms with Crippen molar-refractivity contribution < 1.29 is 19.4 Å². The third-order valence-corrected chi connectivity index (χ3v) is 4.48. The van der Waals surface area contributed by atoms with Crippen LogP contribution in [0.3, 0.4) is 0 Å². The first-order chi connectivity index (χ1) is 11.0. The van der Waals surface area contributed by atoms with Gasteiger partial charge in [0.2, 0.25) is 0 Å². The van der Waals surface area contributed by atoms with Crippen LogP contribution in [-0.4, -0.2) is 29.1 Å². The first-order valence-corrected chi connectivity index (χ1v) is 8.31. The predicted octanol–water partition coefficient (Wildman–Crippen LogP) is 3.26. The van der Waals surface area contributed by atoms with Crippen molar-refractivity contribution in [2.45, 2.75) is 51.2 Å². The lowest BCUT2D eigenvalue weighted by Gasteiger charge is -2.25. The SMILES string of the molecule is CC(Oc1ccccc1Cl)C(=O)N[C@H]1CCCCC[C@H]1C(=O)O. The second-order valence-corrected chi connectivity index (χ2v) is 6.30. The molecule has 0 spiro atoms. The number of halogens is 1. The van der Waals surface area contributed by atoms with E-state index in [1.807, 2.05) is 0 Å². The molecule has 0 heterocycles. The number of hydrogen-bond donors (Lipinski definition) is 2. The third-order valence-electron chi connectivity index (χ3n) is 4.17. The van der Waals surface area contributed by atoms with Crippen molar-refractivity contribution in [1.82, 2.24) is 5.32 Å². The lowest BCUT2D eigenvalue weighted by molar-refractivity contribution is -0.143. The molecule has 126 valence electrons. The molecule has 2 rings (SSSR count). The Morgan fingerprint density at radius 1 is 1.26 bits per heavy atom. The molecule has 1 aromatic rings. The number of rotatable bonds is 5. The van der Waals surface area contributed by atoms with Gasteiger partial charge in [0.1, 0.15) is 5.75 Å². The van der Waals surface area contributed by atoms with Crippen LogP contribution in [0.1, 0.15) is 39.0 Å². The van der Waals surface area contributed by atoms with Gasteiger partial charge in [0.05, 0.1) is 10.9 Å². The van der Waals surface area contributed by atoms with E-state index in [1.54, 1.807) is 31.2 Å². The van der Waals surface area contributed by atoms with Gasteiger partial charge in [0.25, 0.3) is 5.91 Å². The summed E-state index contributed by atoms with van der Waals surface area (Å²) < 4.78 is 5.58. The average molecular weight is 340 g/mol. The number of carbonyl (C=O) groups excluding carboxylic acids is 1. The molecule has 0 aliphatic heterocycles. The standard InChI is InChI=1S/C17H22ClNO4/c1-11(23-15-10-6-5-8-13(15)18)16(20)19-14-9-4-2-3-7-12(14)17(21)22/h5-6,8,10-12,14H,2-4,7,9H2,1H3,(H,19,20)(H,21,22)/t11?,12-,14+/m1/s1. The molecule has 1 saturated carbocycles. The van der Waals surface area contributed by atoms with Crippen LogP contribution in [0, 0.1) is 5.92 Å². The molecule has 0 radical (unpaired) electrons. The molecule has 0 bridgehead atoms. The van der Waals surface area contributed by atoms with E-state index in [0.717, 1.165) is 19.3 Å². The summed E-state index contributed by atoms with van der Waals surface area (Å²) in [7, 11) is 0. The molecule has 5 nitrogen and oxygen atoms in total. The fraction of sp³-hybridized carbons (Fsp3) is 0.529. The van der Waals surface area contributed by atoms with Crippen molar-refractivity contribution >= 4 is 23.5 Å². The van der Waals surface area contributed by atoms with Crippen LogP contribution in [0.15, 0.2) is 24.3 Å². The smallest absolute Gasteiger partial charge is 0.308 e. The second kappa shape index (κ2) is 8.20. The van der Waals surface area contributed by atoms with E-state index in [0.29, 0.717) is 23.6 Å². The molecule has 3 atom stereocenters. The van der Waals surface area contributed by atoms with Crippen molar-refractivity contribution in [2.75, 3.05) is 0 Å². The van der Waals surface area contributed by atoms with Gasteiger partial charge in [-0.15, -0.1) is 0 Å². The zero-order valence-corrected chi connectivity index (χ0v) is 13.9. The Morgan fingerprint density at radius 2 is 1.96 bits per heavy atom. The van der Waals surface area contributed by atoms with Gasteiger partial charge in [0, 0.05) is 6.04 Å². The normalized spacial score (nSPS) is 22.7. The molecule has 1 aliphatic rings. The van der Waals surface area contributed by atoms with E-state index in [-0.39, 0.29) is 11.9 Å². The minimum absolute atomic E-state index is 0.317. The number of carboxylic acids is 1. The van der Waals surface area contributed by atoms with Gasteiger partial charge in [-0.25, -0.2) is 0 Å². The van der Waals surface area contributed by atoms with E-state index in [4.69, 9.17) is 16.3 Å². The van der Waals surface area contributed by atoms with Gasteiger partial charge < -0.3 is 15.2 Å². The highest BCUT2D eigenvalue weighted by Crippen LogP contribution is 2.26. The van der Waals surface area contributed by atoms with Crippen LogP contribution < -0.4 is 10.1 Å². The molecule has 1 aromatic carbocycles. The molecule has 6 heteroatoms. The second-order valence-electron chi connectivity index (χ2n) is 5.89. The van der Waals surface area contributed by atoms with E-state index < -0.39 is 18.0 Å². The molecule has 1 aliphatic carbocycles. The first kappa shape index (κ1) is 17.6. The zero-order chi connectivity index (χ0) is 16.8. The van der Waals surface area contributed by atoms with Crippen molar-refractivity contribution in [3.05, 3.63) is 29.3 Å². The Kier molecular flexibility index (Phi) is 6.28. The highest BCUT2D eigenvalue weighted by atomic mass is 35.5. The summed E-state index contributed by atoms with van der Waals surface area (Å²) in [6.07, 6.45) is 3.35. The number of hydrogen-bond acceptors (Lipinski definition) is 3. The summed E-state index contributed by atoms with van der Waals surface area (Å²) in [5.41, 5.74) is 0. The van der Waals surface area contributed by atoms with Crippen molar-refractivity contribution in [3.63, 3.8) is 0 Å². The van der Waals surface area contributed by atoms with Gasteiger partial charge in [-0.05, 0) is 31.9 Å². The molecule has 2 N–H and O–H groups in total. The van der Waals surface area contributed by atoms with Crippen LogP contribution >= 0.6 is 11.6 Å². The Bertz CT molecular complexity index is 563. The molecule has 1 unspecified atom stereocenters. The Morgan fingerprint density at radius 3 is 2.65 bits per heavy atom. The quantitative estimate of drug-likeness (QED) is 0.807. The number of nitrogens with one attached hydrogen (secondary N) is 1. The Hall–Kier alpha value is -1.75. The van der Waals surface area contributed by atoms with Crippen LogP contribution in [0.4, 0.5) is 0 Å². The van der Waals surface area contributed by atoms with Crippen LogP contribution in [0.25, 0.3) is 0 Å². The molecular weight excluding hydrogens is 318 g/mol. The van der Waals surface area contributed by atoms with Crippen molar-refractivity contribution in [3.8, 4) is 5.75 Å². The topological polar surface area (TPSA) is 75.6 Å². The van der Waals surface area contributed by atoms with Gasteiger partial charge in [-0.2, -0.15) is 0 Å². The molecule has 1 amide bonds. The largest absolute Gasteiger partial charge is 0.481 e. The van der Waals surface area contributed by atoms with E-state index >= 15 is 0 Å². The van der Waals surface area contributed by atoms with Gasteiger partial charge in [-0.3, -0.25) is 9.59 Å².